The molecule has 0 aliphatic rings. The van der Waals surface area contributed by atoms with Crippen LogP contribution < -0.4 is 5.32 Å². The van der Waals surface area contributed by atoms with E-state index in [1.165, 1.54) is 0 Å². The number of anilines is 1. The van der Waals surface area contributed by atoms with Crippen LogP contribution in [0.5, 0.6) is 0 Å². The van der Waals surface area contributed by atoms with E-state index < -0.39 is 47.1 Å². The lowest BCUT2D eigenvalue weighted by Crippen LogP contribution is -2.18. The van der Waals surface area contributed by atoms with Crippen LogP contribution in [0.15, 0.2) is 30.4 Å². The van der Waals surface area contributed by atoms with Gasteiger partial charge in [0.15, 0.2) is 0 Å². The van der Waals surface area contributed by atoms with Crippen LogP contribution >= 0.6 is 0 Å². The van der Waals surface area contributed by atoms with E-state index in [0.29, 0.717) is 0 Å². The lowest BCUT2D eigenvalue weighted by atomic mass is 10.1. The summed E-state index contributed by atoms with van der Waals surface area (Å²) in [6.45, 7) is 3.08. The Morgan fingerprint density at radius 3 is 2.40 bits per heavy atom. The summed E-state index contributed by atoms with van der Waals surface area (Å²) in [6, 6.07) is 1.73. The molecule has 0 atom stereocenters. The zero-order valence-corrected chi connectivity index (χ0v) is 9.92. The van der Waals surface area contributed by atoms with Crippen LogP contribution in [0.4, 0.5) is 23.2 Å². The minimum Gasteiger partial charge on any atom is -0.478 e. The van der Waals surface area contributed by atoms with E-state index in [4.69, 9.17) is 5.11 Å². The molecule has 2 N–H and O–H groups in total. The first-order valence-corrected chi connectivity index (χ1v) is 5.19. The summed E-state index contributed by atoms with van der Waals surface area (Å²) in [5.41, 5.74) is -2.48. The van der Waals surface area contributed by atoms with E-state index in [9.17, 15) is 27.2 Å². The molecule has 0 spiro atoms. The van der Waals surface area contributed by atoms with Gasteiger partial charge in [0.1, 0.15) is 5.82 Å². The van der Waals surface area contributed by atoms with E-state index in [-0.39, 0.29) is 6.07 Å². The van der Waals surface area contributed by atoms with Crippen LogP contribution in [0.3, 0.4) is 0 Å². The van der Waals surface area contributed by atoms with E-state index >= 15 is 0 Å². The number of amides is 1. The molecule has 0 fully saturated rings. The fourth-order valence-electron chi connectivity index (χ4n) is 1.32. The second-order valence-electron chi connectivity index (χ2n) is 3.82. The van der Waals surface area contributed by atoms with Crippen LogP contribution in [0, 0.1) is 5.82 Å². The zero-order valence-electron chi connectivity index (χ0n) is 9.92. The van der Waals surface area contributed by atoms with Gasteiger partial charge in [-0.3, -0.25) is 4.79 Å². The second kappa shape index (κ2) is 5.72. The Balaban J connectivity index is 2.96. The van der Waals surface area contributed by atoms with Crippen molar-refractivity contribution < 1.29 is 32.3 Å². The largest absolute Gasteiger partial charge is 0.478 e. The summed E-state index contributed by atoms with van der Waals surface area (Å²) in [5, 5.41) is 10.4. The molecule has 0 heterocycles. The van der Waals surface area contributed by atoms with Gasteiger partial charge in [-0.05, 0) is 18.2 Å². The van der Waals surface area contributed by atoms with Crippen molar-refractivity contribution in [2.75, 3.05) is 5.32 Å². The highest BCUT2D eigenvalue weighted by Crippen LogP contribution is 2.35. The molecule has 20 heavy (non-hydrogen) atoms. The zero-order chi connectivity index (χ0) is 15.5. The topological polar surface area (TPSA) is 66.4 Å². The summed E-state index contributed by atoms with van der Waals surface area (Å²) in [7, 11) is 0. The Labute approximate surface area is 110 Å². The molecule has 1 aromatic rings. The van der Waals surface area contributed by atoms with E-state index in [1.807, 2.05) is 5.32 Å². The number of halogens is 4. The van der Waals surface area contributed by atoms with Crippen molar-refractivity contribution in [3.63, 3.8) is 0 Å². The van der Waals surface area contributed by atoms with Crippen molar-refractivity contribution >= 4 is 17.6 Å². The van der Waals surface area contributed by atoms with E-state index in [2.05, 4.69) is 6.58 Å². The number of carboxylic acid groups (broad SMARTS) is 1. The number of carbonyl (C=O) groups is 2. The Morgan fingerprint density at radius 1 is 1.30 bits per heavy atom. The second-order valence-corrected chi connectivity index (χ2v) is 3.82. The van der Waals surface area contributed by atoms with Gasteiger partial charge in [-0.1, -0.05) is 6.58 Å². The number of carbonyl (C=O) groups excluding carboxylic acids is 1. The Bertz CT molecular complexity index is 566. The summed E-state index contributed by atoms with van der Waals surface area (Å²) in [6.07, 6.45) is -5.53. The van der Waals surface area contributed by atoms with Crippen molar-refractivity contribution in [2.45, 2.75) is 12.6 Å². The average Bonchev–Trinajstić information content (AvgIpc) is 2.29. The minimum atomic E-state index is -4.85. The molecule has 0 bridgehead atoms. The molecule has 0 saturated carbocycles. The SMILES string of the molecule is C=C(CC(=O)Nc1ccc(F)cc1C(F)(F)F)C(=O)O. The van der Waals surface area contributed by atoms with Crippen molar-refractivity contribution in [3.05, 3.63) is 41.7 Å². The quantitative estimate of drug-likeness (QED) is 0.662. The van der Waals surface area contributed by atoms with Crippen molar-refractivity contribution in [2.24, 2.45) is 0 Å². The Morgan fingerprint density at radius 2 is 1.90 bits per heavy atom. The minimum absolute atomic E-state index is 0.238. The van der Waals surface area contributed by atoms with Crippen molar-refractivity contribution in [3.8, 4) is 0 Å². The van der Waals surface area contributed by atoms with Crippen LogP contribution in [-0.2, 0) is 15.8 Å². The van der Waals surface area contributed by atoms with E-state index in [1.54, 1.807) is 0 Å². The van der Waals surface area contributed by atoms with Crippen LogP contribution in [-0.4, -0.2) is 17.0 Å². The average molecular weight is 291 g/mol. The van der Waals surface area contributed by atoms with Crippen LogP contribution in [0.2, 0.25) is 0 Å². The molecular formula is C12H9F4NO3. The maximum absolute atomic E-state index is 12.8. The molecule has 1 aromatic carbocycles. The summed E-state index contributed by atoms with van der Waals surface area (Å²) < 4.78 is 50.7. The van der Waals surface area contributed by atoms with Gasteiger partial charge in [-0.25, -0.2) is 9.18 Å². The molecule has 0 aliphatic heterocycles. The number of benzene rings is 1. The summed E-state index contributed by atoms with van der Waals surface area (Å²) in [5.74, 6) is -3.53. The Kier molecular flexibility index (Phi) is 4.49. The third-order valence-corrected chi connectivity index (χ3v) is 2.24. The highest BCUT2D eigenvalue weighted by molar-refractivity contribution is 5.99. The summed E-state index contributed by atoms with van der Waals surface area (Å²) >= 11 is 0. The molecule has 0 unspecified atom stereocenters. The maximum atomic E-state index is 12.8. The maximum Gasteiger partial charge on any atom is 0.418 e. The predicted octanol–water partition coefficient (Wildman–Crippen LogP) is 2.81. The van der Waals surface area contributed by atoms with Crippen LogP contribution in [0.1, 0.15) is 12.0 Å². The smallest absolute Gasteiger partial charge is 0.418 e. The Hall–Kier alpha value is -2.38. The number of hydrogen-bond acceptors (Lipinski definition) is 2. The molecule has 0 aliphatic carbocycles. The molecule has 4 nitrogen and oxygen atoms in total. The number of rotatable bonds is 4. The van der Waals surface area contributed by atoms with Crippen LogP contribution in [0.25, 0.3) is 0 Å². The van der Waals surface area contributed by atoms with Gasteiger partial charge in [0.05, 0.1) is 17.7 Å². The van der Waals surface area contributed by atoms with Gasteiger partial charge in [0, 0.05) is 5.57 Å². The number of hydrogen-bond donors (Lipinski definition) is 2. The van der Waals surface area contributed by atoms with Gasteiger partial charge < -0.3 is 10.4 Å². The fraction of sp³-hybridized carbons (Fsp3) is 0.167. The number of carboxylic acids is 1. The highest BCUT2D eigenvalue weighted by atomic mass is 19.4. The van der Waals surface area contributed by atoms with Gasteiger partial charge in [0.2, 0.25) is 5.91 Å². The monoisotopic (exact) mass is 291 g/mol. The molecular weight excluding hydrogens is 282 g/mol. The van der Waals surface area contributed by atoms with E-state index in [0.717, 1.165) is 12.1 Å². The highest BCUT2D eigenvalue weighted by Gasteiger charge is 2.34. The molecule has 108 valence electrons. The van der Waals surface area contributed by atoms with Gasteiger partial charge in [0.25, 0.3) is 0 Å². The molecule has 0 aromatic heterocycles. The third-order valence-electron chi connectivity index (χ3n) is 2.24. The number of alkyl halides is 3. The summed E-state index contributed by atoms with van der Waals surface area (Å²) in [4.78, 5) is 21.8. The molecule has 1 amide bonds. The van der Waals surface area contributed by atoms with Crippen molar-refractivity contribution in [1.29, 1.82) is 0 Å². The van der Waals surface area contributed by atoms with Crippen molar-refractivity contribution in [1.82, 2.24) is 0 Å². The first-order valence-electron chi connectivity index (χ1n) is 5.19. The van der Waals surface area contributed by atoms with Gasteiger partial charge in [-0.2, -0.15) is 13.2 Å². The normalized spacial score (nSPS) is 11.0. The fourth-order valence-corrected chi connectivity index (χ4v) is 1.32. The third kappa shape index (κ3) is 4.08. The first-order chi connectivity index (χ1) is 9.11. The standard InChI is InChI=1S/C12H9F4NO3/c1-6(11(19)20)4-10(18)17-9-3-2-7(13)5-8(9)12(14,15)16/h2-3,5H,1,4H2,(H,17,18)(H,19,20). The predicted molar refractivity (Wildman–Crippen MR) is 61.4 cm³/mol. The molecule has 8 heteroatoms. The lowest BCUT2D eigenvalue weighted by Gasteiger charge is -2.13. The number of aliphatic carboxylic acids is 1. The number of nitrogens with one attached hydrogen (secondary N) is 1. The molecule has 0 saturated heterocycles. The first kappa shape index (κ1) is 15.7. The van der Waals surface area contributed by atoms with Gasteiger partial charge >= 0.3 is 12.1 Å². The van der Waals surface area contributed by atoms with Gasteiger partial charge in [-0.15, -0.1) is 0 Å². The lowest BCUT2D eigenvalue weighted by molar-refractivity contribution is -0.137. The molecule has 0 radical (unpaired) electrons. The molecule has 1 rings (SSSR count).